The summed E-state index contributed by atoms with van der Waals surface area (Å²) < 4.78 is 23.3. The molecule has 3 aromatic rings. The molecule has 130 valence electrons. The highest BCUT2D eigenvalue weighted by Gasteiger charge is 2.16. The number of fused-ring (bicyclic) bond motifs is 1. The van der Waals surface area contributed by atoms with Gasteiger partial charge in [0.2, 0.25) is 0 Å². The molecule has 0 fully saturated rings. The third-order valence-corrected chi connectivity index (χ3v) is 4.72. The maximum Gasteiger partial charge on any atom is 0.320 e. The summed E-state index contributed by atoms with van der Waals surface area (Å²) in [5.41, 5.74) is 1.38. The molecule has 0 bridgehead atoms. The number of aromatic nitrogens is 3. The van der Waals surface area contributed by atoms with Gasteiger partial charge in [-0.05, 0) is 12.5 Å². The molecule has 0 saturated carbocycles. The summed E-state index contributed by atoms with van der Waals surface area (Å²) >= 11 is 0. The number of nitrogens with one attached hydrogen (secondary N) is 3. The van der Waals surface area contributed by atoms with Crippen LogP contribution < -0.4 is 10.6 Å². The first-order valence-corrected chi connectivity index (χ1v) is 9.40. The lowest BCUT2D eigenvalue weighted by Gasteiger charge is -2.14. The number of carbonyl (C=O) groups excluding carboxylic acids is 1. The van der Waals surface area contributed by atoms with Gasteiger partial charge in [-0.25, -0.2) is 18.2 Å². The number of hydrogen-bond acceptors (Lipinski definition) is 5. The highest BCUT2D eigenvalue weighted by atomic mass is 32.2. The molecule has 0 aliphatic carbocycles. The number of urea groups is 1. The first-order chi connectivity index (χ1) is 11.8. The van der Waals surface area contributed by atoms with Crippen molar-refractivity contribution < 1.29 is 13.2 Å². The normalized spacial score (nSPS) is 12.7. The van der Waals surface area contributed by atoms with Crippen LogP contribution in [-0.2, 0) is 9.84 Å². The van der Waals surface area contributed by atoms with Crippen molar-refractivity contribution in [2.45, 2.75) is 18.0 Å². The van der Waals surface area contributed by atoms with E-state index in [2.05, 4.69) is 25.8 Å². The van der Waals surface area contributed by atoms with E-state index in [0.717, 1.165) is 11.8 Å². The lowest BCUT2D eigenvalue weighted by molar-refractivity contribution is 0.249. The van der Waals surface area contributed by atoms with Crippen LogP contribution in [0, 0.1) is 0 Å². The van der Waals surface area contributed by atoms with Gasteiger partial charge in [0.15, 0.2) is 14.9 Å². The Morgan fingerprint density at radius 1 is 1.24 bits per heavy atom. The summed E-state index contributed by atoms with van der Waals surface area (Å²) in [5, 5.41) is 12.2. The number of benzene rings is 1. The van der Waals surface area contributed by atoms with Crippen LogP contribution in [0.2, 0.25) is 0 Å². The van der Waals surface area contributed by atoms with Crippen molar-refractivity contribution in [2.75, 3.05) is 11.6 Å². The second kappa shape index (κ2) is 6.52. The molecule has 1 aromatic carbocycles. The molecule has 0 spiro atoms. The first kappa shape index (κ1) is 16.9. The van der Waals surface area contributed by atoms with Gasteiger partial charge in [-0.2, -0.15) is 5.10 Å². The molecular formula is C16H17N5O3S. The predicted molar refractivity (Wildman–Crippen MR) is 94.0 cm³/mol. The predicted octanol–water partition coefficient (Wildman–Crippen LogP) is 2.24. The van der Waals surface area contributed by atoms with Crippen molar-refractivity contribution in [3.63, 3.8) is 0 Å². The average molecular weight is 359 g/mol. The molecule has 8 nitrogen and oxygen atoms in total. The molecule has 9 heteroatoms. The Labute approximate surface area is 144 Å². The number of aromatic amines is 1. The standard InChI is InChI=1S/C16H17N5O3S/c1-10(11-6-4-3-5-7-11)18-16(22)19-14-8-13-12(9-17-14)15(21-20-13)25(2,23)24/h3-10H,1-2H3,(H,20,21)(H2,17,18,19,22). The summed E-state index contributed by atoms with van der Waals surface area (Å²) in [6.07, 6.45) is 2.45. The number of rotatable bonds is 4. The molecule has 1 atom stereocenters. The van der Waals surface area contributed by atoms with Gasteiger partial charge in [0, 0.05) is 18.5 Å². The molecular weight excluding hydrogens is 342 g/mol. The van der Waals surface area contributed by atoms with Gasteiger partial charge in [-0.1, -0.05) is 30.3 Å². The van der Waals surface area contributed by atoms with Crippen molar-refractivity contribution in [1.82, 2.24) is 20.5 Å². The Morgan fingerprint density at radius 3 is 2.64 bits per heavy atom. The van der Waals surface area contributed by atoms with Crippen LogP contribution in [0.25, 0.3) is 10.9 Å². The van der Waals surface area contributed by atoms with Crippen LogP contribution in [0.3, 0.4) is 0 Å². The first-order valence-electron chi connectivity index (χ1n) is 7.51. The van der Waals surface area contributed by atoms with Crippen LogP contribution in [0.4, 0.5) is 10.6 Å². The number of sulfone groups is 1. The average Bonchev–Trinajstić information content (AvgIpc) is 2.99. The van der Waals surface area contributed by atoms with Gasteiger partial charge in [0.1, 0.15) is 5.82 Å². The summed E-state index contributed by atoms with van der Waals surface area (Å²) in [7, 11) is -3.43. The zero-order chi connectivity index (χ0) is 18.0. The van der Waals surface area contributed by atoms with Crippen molar-refractivity contribution in [2.24, 2.45) is 0 Å². The van der Waals surface area contributed by atoms with E-state index in [1.807, 2.05) is 37.3 Å². The summed E-state index contributed by atoms with van der Waals surface area (Å²) in [4.78, 5) is 16.2. The van der Waals surface area contributed by atoms with Crippen molar-refractivity contribution in [3.05, 3.63) is 48.2 Å². The van der Waals surface area contributed by atoms with Gasteiger partial charge < -0.3 is 5.32 Å². The number of anilines is 1. The van der Waals surface area contributed by atoms with Crippen molar-refractivity contribution in [1.29, 1.82) is 0 Å². The monoisotopic (exact) mass is 359 g/mol. The number of amides is 2. The molecule has 0 radical (unpaired) electrons. The molecule has 0 saturated heterocycles. The Morgan fingerprint density at radius 2 is 1.96 bits per heavy atom. The minimum Gasteiger partial charge on any atom is -0.331 e. The van der Waals surface area contributed by atoms with Crippen LogP contribution >= 0.6 is 0 Å². The second-order valence-electron chi connectivity index (χ2n) is 5.64. The molecule has 0 aliphatic rings. The number of nitrogens with zero attached hydrogens (tertiary/aromatic N) is 2. The van der Waals surface area contributed by atoms with Gasteiger partial charge in [-0.15, -0.1) is 0 Å². The summed E-state index contributed by atoms with van der Waals surface area (Å²) in [6, 6.07) is 10.5. The van der Waals surface area contributed by atoms with E-state index >= 15 is 0 Å². The Balaban J connectivity index is 1.73. The number of carbonyl (C=O) groups is 1. The fourth-order valence-corrected chi connectivity index (χ4v) is 3.18. The lowest BCUT2D eigenvalue weighted by atomic mass is 10.1. The highest BCUT2D eigenvalue weighted by Crippen LogP contribution is 2.21. The molecule has 0 aliphatic heterocycles. The zero-order valence-corrected chi connectivity index (χ0v) is 14.5. The zero-order valence-electron chi connectivity index (χ0n) is 13.6. The minimum atomic E-state index is -3.43. The van der Waals surface area contributed by atoms with Gasteiger partial charge >= 0.3 is 6.03 Å². The van der Waals surface area contributed by atoms with Crippen LogP contribution in [0.15, 0.2) is 47.6 Å². The van der Waals surface area contributed by atoms with E-state index < -0.39 is 15.9 Å². The Hall–Kier alpha value is -2.94. The largest absolute Gasteiger partial charge is 0.331 e. The maximum atomic E-state index is 12.1. The molecule has 2 heterocycles. The molecule has 2 aromatic heterocycles. The Bertz CT molecular complexity index is 1010. The number of pyridine rings is 1. The molecule has 1 unspecified atom stereocenters. The number of H-pyrrole nitrogens is 1. The summed E-state index contributed by atoms with van der Waals surface area (Å²) in [5.74, 6) is 0.275. The van der Waals surface area contributed by atoms with Crippen LogP contribution in [-0.4, -0.2) is 35.9 Å². The molecule has 3 N–H and O–H groups in total. The smallest absolute Gasteiger partial charge is 0.320 e. The van der Waals surface area contributed by atoms with E-state index in [-0.39, 0.29) is 16.9 Å². The fourth-order valence-electron chi connectivity index (χ4n) is 2.41. The van der Waals surface area contributed by atoms with Gasteiger partial charge in [0.05, 0.1) is 16.9 Å². The highest BCUT2D eigenvalue weighted by molar-refractivity contribution is 7.90. The van der Waals surface area contributed by atoms with E-state index in [9.17, 15) is 13.2 Å². The van der Waals surface area contributed by atoms with E-state index in [4.69, 9.17) is 0 Å². The molecule has 2 amide bonds. The van der Waals surface area contributed by atoms with Crippen molar-refractivity contribution in [3.8, 4) is 0 Å². The molecule has 3 rings (SSSR count). The molecule has 25 heavy (non-hydrogen) atoms. The third-order valence-electron chi connectivity index (χ3n) is 3.66. The van der Waals surface area contributed by atoms with Crippen molar-refractivity contribution >= 4 is 32.6 Å². The fraction of sp³-hybridized carbons (Fsp3) is 0.188. The second-order valence-corrected chi connectivity index (χ2v) is 7.60. The SMILES string of the molecule is CC(NC(=O)Nc1cc2n[nH]c(S(C)(=O)=O)c2cn1)c1ccccc1. The third kappa shape index (κ3) is 3.77. The quantitative estimate of drug-likeness (QED) is 0.660. The van der Waals surface area contributed by atoms with Crippen LogP contribution in [0.5, 0.6) is 0 Å². The van der Waals surface area contributed by atoms with E-state index in [1.165, 1.54) is 12.3 Å². The number of hydrogen-bond donors (Lipinski definition) is 3. The Kier molecular flexibility index (Phi) is 4.41. The maximum absolute atomic E-state index is 12.1. The lowest BCUT2D eigenvalue weighted by Crippen LogP contribution is -2.31. The summed E-state index contributed by atoms with van der Waals surface area (Å²) in [6.45, 7) is 1.87. The van der Waals surface area contributed by atoms with Gasteiger partial charge in [-0.3, -0.25) is 10.4 Å². The van der Waals surface area contributed by atoms with E-state index in [0.29, 0.717) is 10.9 Å². The van der Waals surface area contributed by atoms with E-state index in [1.54, 1.807) is 0 Å². The minimum absolute atomic E-state index is 0.00343. The topological polar surface area (TPSA) is 117 Å². The van der Waals surface area contributed by atoms with Crippen LogP contribution in [0.1, 0.15) is 18.5 Å². The van der Waals surface area contributed by atoms with Gasteiger partial charge in [0.25, 0.3) is 0 Å².